The smallest absolute Gasteiger partial charge is 0.246 e. The van der Waals surface area contributed by atoms with Crippen LogP contribution in [0.2, 0.25) is 0 Å². The van der Waals surface area contributed by atoms with Crippen LogP contribution < -0.4 is 0 Å². The molecular formula is C20H23NO2S. The number of amides is 1. The van der Waals surface area contributed by atoms with Gasteiger partial charge in [-0.1, -0.05) is 30.3 Å². The summed E-state index contributed by atoms with van der Waals surface area (Å²) in [4.78, 5) is 14.2. The van der Waals surface area contributed by atoms with Gasteiger partial charge in [0.15, 0.2) is 0 Å². The van der Waals surface area contributed by atoms with Crippen LogP contribution in [0.15, 0.2) is 59.2 Å². The number of thioether (sulfide) groups is 1. The van der Waals surface area contributed by atoms with Gasteiger partial charge in [-0.3, -0.25) is 4.79 Å². The van der Waals surface area contributed by atoms with Crippen LogP contribution >= 0.6 is 11.8 Å². The average molecular weight is 341 g/mol. The molecule has 2 aromatic rings. The van der Waals surface area contributed by atoms with Gasteiger partial charge < -0.3 is 9.32 Å². The highest BCUT2D eigenvalue weighted by Crippen LogP contribution is 2.24. The molecule has 126 valence electrons. The van der Waals surface area contributed by atoms with Gasteiger partial charge in [-0.15, -0.1) is 0 Å². The van der Waals surface area contributed by atoms with Crippen LogP contribution in [0.1, 0.15) is 24.2 Å². The largest absolute Gasteiger partial charge is 0.468 e. The molecule has 1 aliphatic heterocycles. The number of carbonyl (C=O) groups is 1. The van der Waals surface area contributed by atoms with E-state index in [1.54, 1.807) is 12.3 Å². The Morgan fingerprint density at radius 2 is 1.96 bits per heavy atom. The number of rotatable bonds is 6. The zero-order valence-electron chi connectivity index (χ0n) is 13.8. The molecule has 24 heavy (non-hydrogen) atoms. The van der Waals surface area contributed by atoms with Crippen molar-refractivity contribution >= 4 is 23.7 Å². The lowest BCUT2D eigenvalue weighted by molar-refractivity contribution is -0.127. The van der Waals surface area contributed by atoms with Gasteiger partial charge in [-0.25, -0.2) is 0 Å². The number of hydrogen-bond acceptors (Lipinski definition) is 3. The van der Waals surface area contributed by atoms with Gasteiger partial charge in [0.2, 0.25) is 5.91 Å². The minimum absolute atomic E-state index is 0.126. The lowest BCUT2D eigenvalue weighted by Crippen LogP contribution is -2.38. The molecular weight excluding hydrogens is 318 g/mol. The standard InChI is InChI=1S/C20H23NO2S/c22-20(9-8-17-5-2-1-3-6-17)21-12-10-18(11-13-21)15-24-16-19-7-4-14-23-19/h1-9,14,18H,10-13,15-16H2/b9-8+. The van der Waals surface area contributed by atoms with Crippen LogP contribution in [0.5, 0.6) is 0 Å². The fourth-order valence-electron chi connectivity index (χ4n) is 2.88. The van der Waals surface area contributed by atoms with Crippen molar-refractivity contribution in [1.29, 1.82) is 0 Å². The van der Waals surface area contributed by atoms with Crippen molar-refractivity contribution in [2.45, 2.75) is 18.6 Å². The molecule has 2 heterocycles. The topological polar surface area (TPSA) is 33.5 Å². The van der Waals surface area contributed by atoms with Crippen molar-refractivity contribution < 1.29 is 9.21 Å². The van der Waals surface area contributed by atoms with E-state index < -0.39 is 0 Å². The number of benzene rings is 1. The van der Waals surface area contributed by atoms with E-state index in [4.69, 9.17) is 4.42 Å². The van der Waals surface area contributed by atoms with Crippen LogP contribution in [0.25, 0.3) is 6.08 Å². The molecule has 1 aromatic carbocycles. The number of carbonyl (C=O) groups excluding carboxylic acids is 1. The van der Waals surface area contributed by atoms with Gasteiger partial charge in [0.25, 0.3) is 0 Å². The second kappa shape index (κ2) is 8.78. The summed E-state index contributed by atoms with van der Waals surface area (Å²) in [6, 6.07) is 13.9. The lowest BCUT2D eigenvalue weighted by Gasteiger charge is -2.31. The summed E-state index contributed by atoms with van der Waals surface area (Å²) in [7, 11) is 0. The zero-order chi connectivity index (χ0) is 16.6. The summed E-state index contributed by atoms with van der Waals surface area (Å²) >= 11 is 1.92. The van der Waals surface area contributed by atoms with Crippen molar-refractivity contribution in [2.75, 3.05) is 18.8 Å². The van der Waals surface area contributed by atoms with E-state index in [0.717, 1.165) is 48.8 Å². The van der Waals surface area contributed by atoms with Crippen LogP contribution in [-0.2, 0) is 10.5 Å². The molecule has 0 atom stereocenters. The van der Waals surface area contributed by atoms with Crippen LogP contribution in [0.3, 0.4) is 0 Å². The molecule has 0 bridgehead atoms. The molecule has 0 N–H and O–H groups in total. The van der Waals surface area contributed by atoms with Crippen LogP contribution in [0.4, 0.5) is 0 Å². The predicted octanol–water partition coefficient (Wildman–Crippen LogP) is 4.46. The molecule has 1 aromatic heterocycles. The van der Waals surface area contributed by atoms with E-state index in [1.165, 1.54) is 0 Å². The molecule has 1 aliphatic rings. The maximum atomic E-state index is 12.3. The normalized spacial score (nSPS) is 15.9. The molecule has 4 heteroatoms. The van der Waals surface area contributed by atoms with Gasteiger partial charge in [-0.05, 0) is 48.3 Å². The van der Waals surface area contributed by atoms with E-state index in [2.05, 4.69) is 0 Å². The Bertz CT molecular complexity index is 644. The molecule has 1 saturated heterocycles. The van der Waals surface area contributed by atoms with Gasteiger partial charge in [0, 0.05) is 19.2 Å². The maximum absolute atomic E-state index is 12.3. The second-order valence-corrected chi connectivity index (χ2v) is 7.14. The van der Waals surface area contributed by atoms with Gasteiger partial charge >= 0.3 is 0 Å². The Morgan fingerprint density at radius 3 is 2.67 bits per heavy atom. The first-order valence-corrected chi connectivity index (χ1v) is 9.59. The van der Waals surface area contributed by atoms with E-state index in [-0.39, 0.29) is 5.91 Å². The molecule has 0 spiro atoms. The van der Waals surface area contributed by atoms with Crippen molar-refractivity contribution in [1.82, 2.24) is 4.90 Å². The molecule has 0 unspecified atom stereocenters. The molecule has 0 aliphatic carbocycles. The maximum Gasteiger partial charge on any atom is 0.246 e. The lowest BCUT2D eigenvalue weighted by atomic mass is 9.99. The van der Waals surface area contributed by atoms with Crippen molar-refractivity contribution in [3.63, 3.8) is 0 Å². The van der Waals surface area contributed by atoms with Crippen LogP contribution in [-0.4, -0.2) is 29.6 Å². The Hall–Kier alpha value is -1.94. The molecule has 3 nitrogen and oxygen atoms in total. The van der Waals surface area contributed by atoms with Gasteiger partial charge in [-0.2, -0.15) is 11.8 Å². The summed E-state index contributed by atoms with van der Waals surface area (Å²) in [5, 5.41) is 0. The first-order valence-electron chi connectivity index (χ1n) is 8.43. The zero-order valence-corrected chi connectivity index (χ0v) is 14.6. The number of likely N-dealkylation sites (tertiary alicyclic amines) is 1. The van der Waals surface area contributed by atoms with Crippen molar-refractivity contribution in [3.8, 4) is 0 Å². The highest BCUT2D eigenvalue weighted by Gasteiger charge is 2.21. The van der Waals surface area contributed by atoms with Gasteiger partial charge in [0.05, 0.1) is 12.0 Å². The summed E-state index contributed by atoms with van der Waals surface area (Å²) < 4.78 is 5.35. The quantitative estimate of drug-likeness (QED) is 0.727. The molecule has 0 radical (unpaired) electrons. The van der Waals surface area contributed by atoms with E-state index in [0.29, 0.717) is 5.92 Å². The highest BCUT2D eigenvalue weighted by atomic mass is 32.2. The number of nitrogens with zero attached hydrogens (tertiary/aromatic N) is 1. The SMILES string of the molecule is O=C(/C=C/c1ccccc1)N1CCC(CSCc2ccco2)CC1. The summed E-state index contributed by atoms with van der Waals surface area (Å²) in [5.74, 6) is 3.94. The molecule has 3 rings (SSSR count). The Morgan fingerprint density at radius 1 is 1.17 bits per heavy atom. The third-order valence-electron chi connectivity index (χ3n) is 4.32. The van der Waals surface area contributed by atoms with Crippen molar-refractivity contribution in [2.24, 2.45) is 5.92 Å². The Kier molecular flexibility index (Phi) is 6.19. The minimum Gasteiger partial charge on any atom is -0.468 e. The third kappa shape index (κ3) is 5.03. The fraction of sp³-hybridized carbons (Fsp3) is 0.350. The van der Waals surface area contributed by atoms with Gasteiger partial charge in [0.1, 0.15) is 5.76 Å². The second-order valence-electron chi connectivity index (χ2n) is 6.11. The first-order chi connectivity index (χ1) is 11.8. The summed E-state index contributed by atoms with van der Waals surface area (Å²) in [5.41, 5.74) is 1.06. The highest BCUT2D eigenvalue weighted by molar-refractivity contribution is 7.98. The van der Waals surface area contributed by atoms with Crippen LogP contribution in [0, 0.1) is 5.92 Å². The predicted molar refractivity (Wildman–Crippen MR) is 99.7 cm³/mol. The Labute approximate surface area is 147 Å². The first kappa shape index (κ1) is 16.9. The molecule has 1 amide bonds. The van der Waals surface area contributed by atoms with Crippen molar-refractivity contribution in [3.05, 3.63) is 66.1 Å². The summed E-state index contributed by atoms with van der Waals surface area (Å²) in [6.07, 6.45) is 7.50. The Balaban J connectivity index is 1.38. The molecule has 0 saturated carbocycles. The number of furan rings is 1. The third-order valence-corrected chi connectivity index (χ3v) is 5.52. The van der Waals surface area contributed by atoms with E-state index >= 15 is 0 Å². The minimum atomic E-state index is 0.126. The number of piperidine rings is 1. The van der Waals surface area contributed by atoms with E-state index in [9.17, 15) is 4.79 Å². The monoisotopic (exact) mass is 341 g/mol. The fourth-order valence-corrected chi connectivity index (χ4v) is 4.03. The van der Waals surface area contributed by atoms with E-state index in [1.807, 2.05) is 65.2 Å². The molecule has 1 fully saturated rings. The average Bonchev–Trinajstić information content (AvgIpc) is 3.15. The number of hydrogen-bond donors (Lipinski definition) is 0. The summed E-state index contributed by atoms with van der Waals surface area (Å²) in [6.45, 7) is 1.73.